The lowest BCUT2D eigenvalue weighted by atomic mass is 10.00. The molecule has 3 nitrogen and oxygen atoms in total. The summed E-state index contributed by atoms with van der Waals surface area (Å²) < 4.78 is 0. The number of rotatable bonds is 5. The molecule has 0 aromatic rings. The van der Waals surface area contributed by atoms with Crippen LogP contribution in [0.15, 0.2) is 12.2 Å². The van der Waals surface area contributed by atoms with Crippen LogP contribution < -0.4 is 11.1 Å². The first-order valence-electron chi connectivity index (χ1n) is 4.51. The fraction of sp³-hybridized carbons (Fsp3) is 0.700. The normalized spacial score (nSPS) is 11.1. The minimum absolute atomic E-state index is 0.0431. The Balaban J connectivity index is 3.58. The molecule has 0 fully saturated rings. The standard InChI is InChI=1S/C10H20N2O/c1-8(2)7-12-9(13)5-6-10(3,4)11/h1,5-7,11H2,2-4H3,(H,12,13). The smallest absolute Gasteiger partial charge is 0.220 e. The maximum absolute atomic E-state index is 11.2. The molecule has 0 unspecified atom stereocenters. The van der Waals surface area contributed by atoms with Gasteiger partial charge in [0, 0.05) is 18.5 Å². The van der Waals surface area contributed by atoms with E-state index in [1.807, 2.05) is 20.8 Å². The second-order valence-corrected chi connectivity index (χ2v) is 4.22. The van der Waals surface area contributed by atoms with Crippen molar-refractivity contribution in [1.82, 2.24) is 5.32 Å². The highest BCUT2D eigenvalue weighted by Crippen LogP contribution is 2.06. The predicted octanol–water partition coefficient (Wildman–Crippen LogP) is 1.20. The van der Waals surface area contributed by atoms with Crippen molar-refractivity contribution in [2.75, 3.05) is 6.54 Å². The third-order valence-electron chi connectivity index (χ3n) is 1.58. The van der Waals surface area contributed by atoms with Gasteiger partial charge < -0.3 is 11.1 Å². The molecule has 0 aliphatic heterocycles. The second kappa shape index (κ2) is 5.02. The molecule has 0 aliphatic rings. The zero-order chi connectivity index (χ0) is 10.5. The van der Waals surface area contributed by atoms with Gasteiger partial charge in [-0.25, -0.2) is 0 Å². The van der Waals surface area contributed by atoms with Gasteiger partial charge in [-0.3, -0.25) is 4.79 Å². The van der Waals surface area contributed by atoms with Crippen molar-refractivity contribution in [3.05, 3.63) is 12.2 Å². The molecule has 0 spiro atoms. The highest BCUT2D eigenvalue weighted by atomic mass is 16.1. The molecule has 0 bridgehead atoms. The van der Waals surface area contributed by atoms with Crippen LogP contribution in [0, 0.1) is 0 Å². The van der Waals surface area contributed by atoms with Crippen LogP contribution in [0.1, 0.15) is 33.6 Å². The van der Waals surface area contributed by atoms with Crippen molar-refractivity contribution in [2.45, 2.75) is 39.2 Å². The maximum atomic E-state index is 11.2. The molecule has 0 radical (unpaired) electrons. The molecule has 0 saturated carbocycles. The van der Waals surface area contributed by atoms with Crippen molar-refractivity contribution >= 4 is 5.91 Å². The summed E-state index contributed by atoms with van der Waals surface area (Å²) in [7, 11) is 0. The van der Waals surface area contributed by atoms with Crippen LogP contribution >= 0.6 is 0 Å². The van der Waals surface area contributed by atoms with Crippen LogP contribution in [0.25, 0.3) is 0 Å². The average Bonchev–Trinajstić information content (AvgIpc) is 1.95. The Morgan fingerprint density at radius 3 is 2.46 bits per heavy atom. The van der Waals surface area contributed by atoms with Crippen molar-refractivity contribution in [1.29, 1.82) is 0 Å². The molecule has 0 aromatic heterocycles. The van der Waals surface area contributed by atoms with E-state index in [9.17, 15) is 4.79 Å². The van der Waals surface area contributed by atoms with E-state index < -0.39 is 0 Å². The number of carbonyl (C=O) groups excluding carboxylic acids is 1. The fourth-order valence-electron chi connectivity index (χ4n) is 0.774. The van der Waals surface area contributed by atoms with Gasteiger partial charge in [0.15, 0.2) is 0 Å². The number of nitrogens with one attached hydrogen (secondary N) is 1. The van der Waals surface area contributed by atoms with Crippen LogP contribution in [0.2, 0.25) is 0 Å². The Morgan fingerprint density at radius 1 is 1.54 bits per heavy atom. The third-order valence-corrected chi connectivity index (χ3v) is 1.58. The summed E-state index contributed by atoms with van der Waals surface area (Å²) in [5, 5.41) is 2.76. The lowest BCUT2D eigenvalue weighted by Gasteiger charge is -2.17. The van der Waals surface area contributed by atoms with Gasteiger partial charge in [0.05, 0.1) is 0 Å². The van der Waals surface area contributed by atoms with Crippen LogP contribution in [-0.4, -0.2) is 18.0 Å². The summed E-state index contributed by atoms with van der Waals surface area (Å²) in [5.41, 5.74) is 6.44. The van der Waals surface area contributed by atoms with Gasteiger partial charge in [-0.05, 0) is 27.2 Å². The summed E-state index contributed by atoms with van der Waals surface area (Å²) in [4.78, 5) is 11.2. The highest BCUT2D eigenvalue weighted by molar-refractivity contribution is 5.76. The zero-order valence-electron chi connectivity index (χ0n) is 8.81. The van der Waals surface area contributed by atoms with E-state index in [1.54, 1.807) is 0 Å². The molecule has 13 heavy (non-hydrogen) atoms. The first-order chi connectivity index (χ1) is 5.81. The summed E-state index contributed by atoms with van der Waals surface area (Å²) in [6.45, 7) is 9.97. The van der Waals surface area contributed by atoms with Gasteiger partial charge >= 0.3 is 0 Å². The van der Waals surface area contributed by atoms with E-state index in [4.69, 9.17) is 5.73 Å². The van der Waals surface area contributed by atoms with Crippen molar-refractivity contribution in [2.24, 2.45) is 5.73 Å². The Hall–Kier alpha value is -0.830. The lowest BCUT2D eigenvalue weighted by molar-refractivity contribution is -0.121. The van der Waals surface area contributed by atoms with E-state index in [-0.39, 0.29) is 11.4 Å². The largest absolute Gasteiger partial charge is 0.352 e. The van der Waals surface area contributed by atoms with Crippen molar-refractivity contribution in [3.63, 3.8) is 0 Å². The molecular formula is C10H20N2O. The minimum Gasteiger partial charge on any atom is -0.352 e. The van der Waals surface area contributed by atoms with E-state index >= 15 is 0 Å². The van der Waals surface area contributed by atoms with E-state index in [2.05, 4.69) is 11.9 Å². The Kier molecular flexibility index (Phi) is 4.70. The molecule has 0 rings (SSSR count). The van der Waals surface area contributed by atoms with Gasteiger partial charge in [0.1, 0.15) is 0 Å². The molecule has 3 N–H and O–H groups in total. The summed E-state index contributed by atoms with van der Waals surface area (Å²) in [6.07, 6.45) is 1.19. The fourth-order valence-corrected chi connectivity index (χ4v) is 0.774. The van der Waals surface area contributed by atoms with Gasteiger partial charge in [0.2, 0.25) is 5.91 Å². The van der Waals surface area contributed by atoms with Crippen LogP contribution in [0.4, 0.5) is 0 Å². The van der Waals surface area contributed by atoms with E-state index in [1.165, 1.54) is 0 Å². The Labute approximate surface area is 80.4 Å². The van der Waals surface area contributed by atoms with Gasteiger partial charge in [-0.1, -0.05) is 12.2 Å². The minimum atomic E-state index is -0.263. The molecule has 76 valence electrons. The Morgan fingerprint density at radius 2 is 2.08 bits per heavy atom. The quantitative estimate of drug-likeness (QED) is 0.631. The number of amides is 1. The number of hydrogen-bond donors (Lipinski definition) is 2. The topological polar surface area (TPSA) is 55.1 Å². The molecule has 0 atom stereocenters. The summed E-state index contributed by atoms with van der Waals surface area (Å²) in [5.74, 6) is 0.0431. The lowest BCUT2D eigenvalue weighted by Crippen LogP contribution is -2.34. The monoisotopic (exact) mass is 184 g/mol. The van der Waals surface area contributed by atoms with Crippen LogP contribution in [0.5, 0.6) is 0 Å². The summed E-state index contributed by atoms with van der Waals surface area (Å²) >= 11 is 0. The number of nitrogens with two attached hydrogens (primary N) is 1. The molecule has 0 aromatic carbocycles. The third kappa shape index (κ3) is 9.08. The molecular weight excluding hydrogens is 164 g/mol. The maximum Gasteiger partial charge on any atom is 0.220 e. The zero-order valence-corrected chi connectivity index (χ0v) is 8.81. The van der Waals surface area contributed by atoms with Gasteiger partial charge in [0.25, 0.3) is 0 Å². The summed E-state index contributed by atoms with van der Waals surface area (Å²) in [6, 6.07) is 0. The van der Waals surface area contributed by atoms with Crippen LogP contribution in [-0.2, 0) is 4.79 Å². The van der Waals surface area contributed by atoms with Crippen LogP contribution in [0.3, 0.4) is 0 Å². The first-order valence-corrected chi connectivity index (χ1v) is 4.51. The van der Waals surface area contributed by atoms with Crippen molar-refractivity contribution < 1.29 is 4.79 Å². The van der Waals surface area contributed by atoms with Gasteiger partial charge in [-0.2, -0.15) is 0 Å². The number of carbonyl (C=O) groups is 1. The van der Waals surface area contributed by atoms with Gasteiger partial charge in [-0.15, -0.1) is 0 Å². The van der Waals surface area contributed by atoms with Crippen molar-refractivity contribution in [3.8, 4) is 0 Å². The second-order valence-electron chi connectivity index (χ2n) is 4.22. The number of hydrogen-bond acceptors (Lipinski definition) is 2. The predicted molar refractivity (Wildman–Crippen MR) is 55.3 cm³/mol. The SMILES string of the molecule is C=C(C)CNC(=O)CCC(C)(C)N. The average molecular weight is 184 g/mol. The first kappa shape index (κ1) is 12.2. The highest BCUT2D eigenvalue weighted by Gasteiger charge is 2.12. The molecule has 0 heterocycles. The molecule has 0 saturated heterocycles. The molecule has 1 amide bonds. The Bertz CT molecular complexity index is 192. The van der Waals surface area contributed by atoms with E-state index in [0.717, 1.165) is 5.57 Å². The molecule has 0 aliphatic carbocycles. The van der Waals surface area contributed by atoms with E-state index in [0.29, 0.717) is 19.4 Å². The molecule has 3 heteroatoms.